The van der Waals surface area contributed by atoms with E-state index < -0.39 is 21.4 Å². The number of halogens is 1. The molecule has 9 heteroatoms. The monoisotopic (exact) mass is 418 g/mol. The fourth-order valence-corrected chi connectivity index (χ4v) is 5.27. The van der Waals surface area contributed by atoms with E-state index >= 15 is 0 Å². The maximum atomic E-state index is 14.8. The summed E-state index contributed by atoms with van der Waals surface area (Å²) >= 11 is 0. The van der Waals surface area contributed by atoms with Gasteiger partial charge in [0.15, 0.2) is 0 Å². The van der Waals surface area contributed by atoms with Gasteiger partial charge in [0.05, 0.1) is 11.9 Å². The van der Waals surface area contributed by atoms with E-state index in [0.29, 0.717) is 0 Å². The zero-order chi connectivity index (χ0) is 21.0. The summed E-state index contributed by atoms with van der Waals surface area (Å²) in [5.41, 5.74) is 8.32. The number of hydrogen-bond acceptors (Lipinski definition) is 5. The van der Waals surface area contributed by atoms with Gasteiger partial charge in [-0.25, -0.2) is 22.1 Å². The molecule has 29 heavy (non-hydrogen) atoms. The molecule has 2 aliphatic rings. The van der Waals surface area contributed by atoms with Gasteiger partial charge in [-0.15, -0.1) is 0 Å². The maximum absolute atomic E-state index is 14.8. The van der Waals surface area contributed by atoms with Gasteiger partial charge in [-0.05, 0) is 42.3 Å². The Morgan fingerprint density at radius 3 is 2.83 bits per heavy atom. The summed E-state index contributed by atoms with van der Waals surface area (Å²) in [4.78, 5) is 7.67. The quantitative estimate of drug-likeness (QED) is 0.798. The molecule has 0 spiro atoms. The van der Waals surface area contributed by atoms with Crippen LogP contribution in [-0.4, -0.2) is 49.7 Å². The molecule has 2 unspecified atom stereocenters. The van der Waals surface area contributed by atoms with Gasteiger partial charge < -0.3 is 15.5 Å². The molecule has 0 amide bonds. The third kappa shape index (κ3) is 3.34. The lowest BCUT2D eigenvalue weighted by molar-refractivity contribution is 0.140. The van der Waals surface area contributed by atoms with Crippen LogP contribution < -0.4 is 5.73 Å². The number of nitrogens with zero attached hydrogens (tertiary/aromatic N) is 2. The van der Waals surface area contributed by atoms with Crippen LogP contribution >= 0.6 is 0 Å². The van der Waals surface area contributed by atoms with Crippen molar-refractivity contribution < 1.29 is 17.5 Å². The van der Waals surface area contributed by atoms with Crippen molar-refractivity contribution in [2.24, 2.45) is 10.7 Å². The lowest BCUT2D eigenvalue weighted by Gasteiger charge is -2.34. The molecule has 0 radical (unpaired) electrons. The van der Waals surface area contributed by atoms with Gasteiger partial charge in [0.1, 0.15) is 11.4 Å². The van der Waals surface area contributed by atoms with E-state index in [-0.39, 0.29) is 23.4 Å². The fraction of sp³-hybridized carbons (Fsp3) is 0.350. The second-order valence-electron chi connectivity index (χ2n) is 7.62. The van der Waals surface area contributed by atoms with Gasteiger partial charge in [-0.3, -0.25) is 0 Å². The minimum Gasteiger partial charge on any atom is -0.377 e. The number of sulfonamides is 1. The summed E-state index contributed by atoms with van der Waals surface area (Å²) in [5, 5.41) is 0. The van der Waals surface area contributed by atoms with Gasteiger partial charge in [0.25, 0.3) is 0 Å². The summed E-state index contributed by atoms with van der Waals surface area (Å²) in [6.45, 7) is 1.58. The van der Waals surface area contributed by atoms with Gasteiger partial charge in [0.2, 0.25) is 16.0 Å². The number of fused-ring (bicyclic) bond motifs is 1. The molecule has 4 rings (SSSR count). The molecule has 1 aromatic carbocycles. The van der Waals surface area contributed by atoms with Crippen LogP contribution in [-0.2, 0) is 26.7 Å². The van der Waals surface area contributed by atoms with Crippen molar-refractivity contribution in [3.05, 3.63) is 53.0 Å². The van der Waals surface area contributed by atoms with Crippen molar-refractivity contribution in [1.29, 1.82) is 0 Å². The molecule has 1 aliphatic carbocycles. The number of hydrogen-bond donors (Lipinski definition) is 2. The fourth-order valence-electron chi connectivity index (χ4n) is 3.82. The highest BCUT2D eigenvalue weighted by Gasteiger charge is 2.41. The van der Waals surface area contributed by atoms with Gasteiger partial charge in [-0.2, -0.15) is 0 Å². The van der Waals surface area contributed by atoms with Gasteiger partial charge in [-0.1, -0.05) is 12.2 Å². The molecular weight excluding hydrogens is 395 g/mol. The minimum absolute atomic E-state index is 0.0124. The Morgan fingerprint density at radius 1 is 1.38 bits per heavy atom. The number of aromatic amines is 1. The number of ether oxygens (including phenoxy) is 1. The molecule has 2 atom stereocenters. The Labute approximate surface area is 169 Å². The first-order chi connectivity index (χ1) is 13.6. The highest BCUT2D eigenvalue weighted by atomic mass is 32.2. The molecule has 0 fully saturated rings. The first kappa shape index (κ1) is 19.7. The Kier molecular flexibility index (Phi) is 4.54. The molecule has 1 aliphatic heterocycles. The SMILES string of the molecule is COC1C=Cc2cc(-c3ccc(F)c(C4(C)CS(=O)(=O)N(C)C(N)=N4)c3)[nH]c2C1. The largest absolute Gasteiger partial charge is 0.377 e. The number of methoxy groups -OCH3 is 1. The Hall–Kier alpha value is -2.65. The van der Waals surface area contributed by atoms with Crippen molar-refractivity contribution in [1.82, 2.24) is 9.29 Å². The third-order valence-corrected chi connectivity index (χ3v) is 7.50. The average Bonchev–Trinajstić information content (AvgIpc) is 3.09. The predicted octanol–water partition coefficient (Wildman–Crippen LogP) is 2.21. The minimum atomic E-state index is -3.69. The Bertz CT molecular complexity index is 1140. The lowest BCUT2D eigenvalue weighted by atomic mass is 9.92. The second kappa shape index (κ2) is 6.70. The maximum Gasteiger partial charge on any atom is 0.239 e. The zero-order valence-electron chi connectivity index (χ0n) is 16.4. The van der Waals surface area contributed by atoms with Crippen molar-refractivity contribution in [2.45, 2.75) is 25.0 Å². The van der Waals surface area contributed by atoms with E-state index in [1.54, 1.807) is 26.2 Å². The van der Waals surface area contributed by atoms with Crippen LogP contribution in [0.25, 0.3) is 17.3 Å². The Morgan fingerprint density at radius 2 is 2.14 bits per heavy atom. The summed E-state index contributed by atoms with van der Waals surface area (Å²) in [6.07, 6.45) is 4.73. The van der Waals surface area contributed by atoms with Crippen LogP contribution in [0.1, 0.15) is 23.7 Å². The summed E-state index contributed by atoms with van der Waals surface area (Å²) in [6, 6.07) is 6.62. The standard InChI is InChI=1S/C20H23FN4O3S/c1-20(11-29(26,27)25(2)19(22)24-20)15-8-12(5-7-16(15)21)17-9-13-4-6-14(28-3)10-18(13)23-17/h4-9,14,23H,10-11H2,1-3H3,(H2,22,24). The van der Waals surface area contributed by atoms with Crippen molar-refractivity contribution >= 4 is 22.1 Å². The lowest BCUT2D eigenvalue weighted by Crippen LogP contribution is -2.50. The second-order valence-corrected chi connectivity index (χ2v) is 9.62. The number of rotatable bonds is 3. The van der Waals surface area contributed by atoms with Crippen LogP contribution in [0.2, 0.25) is 0 Å². The smallest absolute Gasteiger partial charge is 0.239 e. The summed E-state index contributed by atoms with van der Waals surface area (Å²) in [5.74, 6) is -1.05. The van der Waals surface area contributed by atoms with Crippen molar-refractivity contribution in [3.63, 3.8) is 0 Å². The van der Waals surface area contributed by atoms with E-state index in [4.69, 9.17) is 10.5 Å². The molecule has 154 valence electrons. The molecule has 0 saturated carbocycles. The molecule has 3 N–H and O–H groups in total. The topological polar surface area (TPSA) is 101 Å². The summed E-state index contributed by atoms with van der Waals surface area (Å²) in [7, 11) is -0.689. The van der Waals surface area contributed by atoms with Crippen molar-refractivity contribution in [3.8, 4) is 11.3 Å². The first-order valence-electron chi connectivity index (χ1n) is 9.18. The number of aromatic nitrogens is 1. The van der Waals surface area contributed by atoms with Crippen LogP contribution in [0.5, 0.6) is 0 Å². The Balaban J connectivity index is 1.77. The van der Waals surface area contributed by atoms with E-state index in [1.807, 2.05) is 18.2 Å². The predicted molar refractivity (Wildman–Crippen MR) is 110 cm³/mol. The van der Waals surface area contributed by atoms with Crippen LogP contribution in [0.3, 0.4) is 0 Å². The van der Waals surface area contributed by atoms with E-state index in [1.165, 1.54) is 13.1 Å². The number of nitrogens with one attached hydrogen (secondary N) is 1. The van der Waals surface area contributed by atoms with Gasteiger partial charge in [0, 0.05) is 37.5 Å². The molecule has 0 bridgehead atoms. The molecule has 2 aromatic rings. The van der Waals surface area contributed by atoms with Crippen LogP contribution in [0, 0.1) is 5.82 Å². The normalized spacial score (nSPS) is 25.6. The molecule has 2 heterocycles. The molecule has 7 nitrogen and oxygen atoms in total. The third-order valence-electron chi connectivity index (χ3n) is 5.55. The van der Waals surface area contributed by atoms with Crippen LogP contribution in [0.4, 0.5) is 4.39 Å². The average molecular weight is 418 g/mol. The van der Waals surface area contributed by atoms with E-state index in [9.17, 15) is 12.8 Å². The van der Waals surface area contributed by atoms with Crippen molar-refractivity contribution in [2.75, 3.05) is 19.9 Å². The highest BCUT2D eigenvalue weighted by Crippen LogP contribution is 2.36. The number of nitrogens with two attached hydrogens (primary N) is 1. The first-order valence-corrected chi connectivity index (χ1v) is 10.8. The number of aliphatic imine (C=N–C) groups is 1. The molecular formula is C20H23FN4O3S. The number of guanidine groups is 1. The van der Waals surface area contributed by atoms with Gasteiger partial charge >= 0.3 is 0 Å². The van der Waals surface area contributed by atoms with E-state index in [2.05, 4.69) is 9.98 Å². The number of benzene rings is 1. The number of H-pyrrole nitrogens is 1. The highest BCUT2D eigenvalue weighted by molar-refractivity contribution is 7.89. The van der Waals surface area contributed by atoms with Crippen LogP contribution in [0.15, 0.2) is 35.3 Å². The zero-order valence-corrected chi connectivity index (χ0v) is 17.3. The molecule has 0 saturated heterocycles. The molecule has 1 aromatic heterocycles. The van der Waals surface area contributed by atoms with E-state index in [0.717, 1.165) is 33.2 Å². The summed E-state index contributed by atoms with van der Waals surface area (Å²) < 4.78 is 46.0.